The van der Waals surface area contributed by atoms with Gasteiger partial charge >= 0.3 is 5.97 Å². The summed E-state index contributed by atoms with van der Waals surface area (Å²) in [7, 11) is -3.90. The Labute approximate surface area is 160 Å². The number of hydrogen-bond acceptors (Lipinski definition) is 6. The Kier molecular flexibility index (Phi) is 7.34. The molecule has 0 radical (unpaired) electrons. The minimum atomic E-state index is -3.90. The van der Waals surface area contributed by atoms with Crippen LogP contribution in [-0.2, 0) is 19.6 Å². The van der Waals surface area contributed by atoms with Crippen LogP contribution in [0.3, 0.4) is 0 Å². The summed E-state index contributed by atoms with van der Waals surface area (Å²) in [5, 5.41) is 0. The molecule has 2 rings (SSSR count). The van der Waals surface area contributed by atoms with E-state index in [1.807, 2.05) is 4.72 Å². The zero-order valence-electron chi connectivity index (χ0n) is 14.1. The van der Waals surface area contributed by atoms with Gasteiger partial charge in [0.2, 0.25) is 15.9 Å². The molecule has 2 aromatic carbocycles. The monoisotopic (exact) mass is 412 g/mol. The molecule has 0 aliphatic heterocycles. The van der Waals surface area contributed by atoms with E-state index in [9.17, 15) is 22.4 Å². The molecule has 0 saturated carbocycles. The van der Waals surface area contributed by atoms with E-state index in [0.717, 1.165) is 0 Å². The number of halogens is 1. The number of carbonyl (C=O) groups is 2. The van der Waals surface area contributed by atoms with E-state index >= 15 is 0 Å². The van der Waals surface area contributed by atoms with Crippen LogP contribution in [0, 0.1) is 5.82 Å². The van der Waals surface area contributed by atoms with Gasteiger partial charge in [-0.15, -0.1) is 11.8 Å². The molecular formula is C17H17FN2O5S2. The number of amides is 1. The molecule has 0 aliphatic rings. The van der Waals surface area contributed by atoms with Crippen molar-refractivity contribution in [2.45, 2.75) is 9.79 Å². The van der Waals surface area contributed by atoms with E-state index in [4.69, 9.17) is 10.5 Å². The smallest absolute Gasteiger partial charge is 0.338 e. The van der Waals surface area contributed by atoms with E-state index in [1.165, 1.54) is 42.1 Å². The van der Waals surface area contributed by atoms with Crippen LogP contribution in [0.2, 0.25) is 0 Å². The van der Waals surface area contributed by atoms with Crippen LogP contribution < -0.4 is 10.5 Å². The second-order valence-electron chi connectivity index (χ2n) is 5.23. The highest BCUT2D eigenvalue weighted by molar-refractivity contribution is 7.99. The number of thioether (sulfide) groups is 1. The number of nitrogens with two attached hydrogens (primary N) is 1. The molecule has 0 heterocycles. The predicted octanol–water partition coefficient (Wildman–Crippen LogP) is 1.54. The van der Waals surface area contributed by atoms with Crippen LogP contribution >= 0.6 is 11.8 Å². The normalized spacial score (nSPS) is 11.1. The van der Waals surface area contributed by atoms with Crippen LogP contribution in [0.5, 0.6) is 0 Å². The van der Waals surface area contributed by atoms with Gasteiger partial charge in [0, 0.05) is 10.6 Å². The number of ether oxygens (including phenoxy) is 1. The molecule has 0 atom stereocenters. The number of sulfonamides is 1. The van der Waals surface area contributed by atoms with Gasteiger partial charge in [0.1, 0.15) is 12.4 Å². The number of primary amides is 1. The first kappa shape index (κ1) is 20.9. The molecule has 1 amide bonds. The quantitative estimate of drug-likeness (QED) is 0.367. The first-order chi connectivity index (χ1) is 12.8. The van der Waals surface area contributed by atoms with Gasteiger partial charge in [-0.1, -0.05) is 12.1 Å². The molecule has 10 heteroatoms. The van der Waals surface area contributed by atoms with E-state index in [0.29, 0.717) is 10.6 Å². The van der Waals surface area contributed by atoms with Gasteiger partial charge in [-0.05, 0) is 36.4 Å². The number of hydrogen-bond donors (Lipinski definition) is 2. The van der Waals surface area contributed by atoms with E-state index < -0.39 is 28.4 Å². The fraction of sp³-hybridized carbons (Fsp3) is 0.176. The highest BCUT2D eigenvalue weighted by Crippen LogP contribution is 2.21. The summed E-state index contributed by atoms with van der Waals surface area (Å²) in [6.45, 7) is -0.455. The highest BCUT2D eigenvalue weighted by Gasteiger charge is 2.16. The fourth-order valence-corrected chi connectivity index (χ4v) is 3.71. The Hall–Kier alpha value is -2.43. The van der Waals surface area contributed by atoms with Gasteiger partial charge < -0.3 is 10.5 Å². The third-order valence-corrected chi connectivity index (χ3v) is 5.68. The summed E-state index contributed by atoms with van der Waals surface area (Å²) in [5.74, 6) is -1.41. The Bertz CT molecular complexity index is 917. The van der Waals surface area contributed by atoms with Crippen LogP contribution in [0.25, 0.3) is 0 Å². The Balaban J connectivity index is 1.86. The average molecular weight is 412 g/mol. The summed E-state index contributed by atoms with van der Waals surface area (Å²) in [6.07, 6.45) is 0. The maximum atomic E-state index is 13.5. The second kappa shape index (κ2) is 9.49. The average Bonchev–Trinajstić information content (AvgIpc) is 2.65. The van der Waals surface area contributed by atoms with Gasteiger partial charge in [0.05, 0.1) is 17.0 Å². The molecule has 27 heavy (non-hydrogen) atoms. The van der Waals surface area contributed by atoms with Crippen molar-refractivity contribution >= 4 is 33.7 Å². The van der Waals surface area contributed by atoms with Crippen molar-refractivity contribution in [2.24, 2.45) is 5.73 Å². The largest absolute Gasteiger partial charge is 0.461 e. The molecule has 3 N–H and O–H groups in total. The first-order valence-corrected chi connectivity index (χ1v) is 10.2. The summed E-state index contributed by atoms with van der Waals surface area (Å²) in [5.41, 5.74) is 5.06. The minimum Gasteiger partial charge on any atom is -0.461 e. The Morgan fingerprint density at radius 3 is 2.41 bits per heavy atom. The molecule has 0 aromatic heterocycles. The van der Waals surface area contributed by atoms with Gasteiger partial charge in [-0.2, -0.15) is 0 Å². The zero-order chi connectivity index (χ0) is 19.9. The van der Waals surface area contributed by atoms with Crippen molar-refractivity contribution < 1.29 is 27.1 Å². The molecule has 144 valence electrons. The maximum absolute atomic E-state index is 13.5. The third-order valence-electron chi connectivity index (χ3n) is 3.25. The number of esters is 1. The molecular weight excluding hydrogens is 395 g/mol. The van der Waals surface area contributed by atoms with Crippen LogP contribution in [0.1, 0.15) is 10.4 Å². The van der Waals surface area contributed by atoms with Crippen molar-refractivity contribution in [3.63, 3.8) is 0 Å². The number of carbonyl (C=O) groups excluding carboxylic acids is 2. The number of benzene rings is 2. The van der Waals surface area contributed by atoms with E-state index in [1.54, 1.807) is 18.2 Å². The van der Waals surface area contributed by atoms with Gasteiger partial charge in [0.25, 0.3) is 0 Å². The number of rotatable bonds is 9. The topological polar surface area (TPSA) is 116 Å². The molecule has 7 nitrogen and oxygen atoms in total. The van der Waals surface area contributed by atoms with Gasteiger partial charge in [-0.25, -0.2) is 22.3 Å². The van der Waals surface area contributed by atoms with Gasteiger partial charge in [-0.3, -0.25) is 4.79 Å². The molecule has 0 unspecified atom stereocenters. The van der Waals surface area contributed by atoms with Crippen LogP contribution in [0.15, 0.2) is 58.3 Å². The maximum Gasteiger partial charge on any atom is 0.338 e. The summed E-state index contributed by atoms with van der Waals surface area (Å²) < 4.78 is 44.4. The number of nitrogens with one attached hydrogen (secondary N) is 1. The fourth-order valence-electron chi connectivity index (χ4n) is 1.95. The lowest BCUT2D eigenvalue weighted by Crippen LogP contribution is -2.33. The standard InChI is InChI=1S/C17H17FN2O5S2/c18-14-3-1-2-4-15(14)26-10-9-25-17(22)12-5-7-13(8-6-12)27(23,24)20-11-16(19)21/h1-8,20H,9-11H2,(H2,19,21). The first-order valence-electron chi connectivity index (χ1n) is 7.72. The van der Waals surface area contributed by atoms with Crippen molar-refractivity contribution in [1.82, 2.24) is 4.72 Å². The lowest BCUT2D eigenvalue weighted by atomic mass is 10.2. The molecule has 0 spiro atoms. The summed E-state index contributed by atoms with van der Waals surface area (Å²) in [4.78, 5) is 23.0. The SMILES string of the molecule is NC(=O)CNS(=O)(=O)c1ccc(C(=O)OCCSc2ccccc2F)cc1. The minimum absolute atomic E-state index is 0.0675. The lowest BCUT2D eigenvalue weighted by Gasteiger charge is -2.07. The highest BCUT2D eigenvalue weighted by atomic mass is 32.2. The van der Waals surface area contributed by atoms with Crippen molar-refractivity contribution in [2.75, 3.05) is 18.9 Å². The Morgan fingerprint density at radius 1 is 1.11 bits per heavy atom. The van der Waals surface area contributed by atoms with Crippen LogP contribution in [0.4, 0.5) is 4.39 Å². The van der Waals surface area contributed by atoms with Crippen molar-refractivity contribution in [3.05, 3.63) is 59.9 Å². The second-order valence-corrected chi connectivity index (χ2v) is 8.13. The molecule has 2 aromatic rings. The van der Waals surface area contributed by atoms with Gasteiger partial charge in [0.15, 0.2) is 0 Å². The Morgan fingerprint density at radius 2 is 1.78 bits per heavy atom. The van der Waals surface area contributed by atoms with E-state index in [-0.39, 0.29) is 22.9 Å². The summed E-state index contributed by atoms with van der Waals surface area (Å²) in [6, 6.07) is 11.3. The van der Waals surface area contributed by atoms with Crippen molar-refractivity contribution in [3.8, 4) is 0 Å². The predicted molar refractivity (Wildman–Crippen MR) is 98.2 cm³/mol. The molecule has 0 fully saturated rings. The van der Waals surface area contributed by atoms with E-state index in [2.05, 4.69) is 0 Å². The van der Waals surface area contributed by atoms with Crippen molar-refractivity contribution in [1.29, 1.82) is 0 Å². The summed E-state index contributed by atoms with van der Waals surface area (Å²) >= 11 is 1.22. The zero-order valence-corrected chi connectivity index (χ0v) is 15.7. The third kappa shape index (κ3) is 6.35. The molecule has 0 saturated heterocycles. The molecule has 0 bridgehead atoms. The van der Waals surface area contributed by atoms with Crippen LogP contribution in [-0.4, -0.2) is 39.2 Å². The molecule has 0 aliphatic carbocycles. The lowest BCUT2D eigenvalue weighted by molar-refractivity contribution is -0.116.